The number of nitrogens with zero attached hydrogens (tertiary/aromatic N) is 2. The minimum absolute atomic E-state index is 0.0102. The molecular formula is C20H11F5N4O. The summed E-state index contributed by atoms with van der Waals surface area (Å²) in [6.07, 6.45) is -3.67. The Kier molecular flexibility index (Phi) is 4.69. The van der Waals surface area contributed by atoms with Crippen molar-refractivity contribution in [2.24, 2.45) is 0 Å². The quantitative estimate of drug-likeness (QED) is 0.451. The predicted molar refractivity (Wildman–Crippen MR) is 98.6 cm³/mol. The van der Waals surface area contributed by atoms with Gasteiger partial charge in [-0.3, -0.25) is 9.89 Å². The molecule has 10 heteroatoms. The monoisotopic (exact) mass is 418 g/mol. The van der Waals surface area contributed by atoms with E-state index in [4.69, 9.17) is 0 Å². The second-order valence-electron chi connectivity index (χ2n) is 6.32. The molecule has 0 atom stereocenters. The van der Waals surface area contributed by atoms with Crippen LogP contribution in [0.4, 0.5) is 27.8 Å². The lowest BCUT2D eigenvalue weighted by atomic mass is 10.0. The zero-order chi connectivity index (χ0) is 21.5. The first-order valence-corrected chi connectivity index (χ1v) is 8.51. The Morgan fingerprint density at radius 3 is 2.60 bits per heavy atom. The summed E-state index contributed by atoms with van der Waals surface area (Å²) in [6, 6.07) is 9.67. The van der Waals surface area contributed by atoms with Crippen LogP contribution in [0.25, 0.3) is 22.0 Å². The number of carbonyl (C=O) groups is 1. The van der Waals surface area contributed by atoms with Gasteiger partial charge in [-0.15, -0.1) is 0 Å². The molecule has 0 unspecified atom stereocenters. The number of rotatable bonds is 3. The summed E-state index contributed by atoms with van der Waals surface area (Å²) in [4.78, 5) is 16.3. The Bertz CT molecular complexity index is 1270. The zero-order valence-electron chi connectivity index (χ0n) is 14.9. The summed E-state index contributed by atoms with van der Waals surface area (Å²) in [5, 5.41) is 9.04. The molecule has 0 radical (unpaired) electrons. The van der Waals surface area contributed by atoms with E-state index >= 15 is 0 Å². The Hall–Kier alpha value is -3.82. The van der Waals surface area contributed by atoms with E-state index in [2.05, 4.69) is 20.5 Å². The van der Waals surface area contributed by atoms with E-state index in [9.17, 15) is 26.7 Å². The average Bonchev–Trinajstić information content (AvgIpc) is 3.13. The molecule has 1 amide bonds. The highest BCUT2D eigenvalue weighted by Gasteiger charge is 2.31. The molecule has 0 aliphatic heterocycles. The van der Waals surface area contributed by atoms with Crippen molar-refractivity contribution in [3.8, 4) is 11.1 Å². The molecule has 2 N–H and O–H groups in total. The van der Waals surface area contributed by atoms with Gasteiger partial charge in [0.1, 0.15) is 5.82 Å². The minimum atomic E-state index is -4.59. The van der Waals surface area contributed by atoms with Crippen molar-refractivity contribution in [1.29, 1.82) is 0 Å². The van der Waals surface area contributed by atoms with Crippen LogP contribution in [0.2, 0.25) is 0 Å². The highest BCUT2D eigenvalue weighted by atomic mass is 19.4. The number of halogens is 5. The van der Waals surface area contributed by atoms with Crippen molar-refractivity contribution in [3.63, 3.8) is 0 Å². The van der Waals surface area contributed by atoms with Gasteiger partial charge in [-0.2, -0.15) is 18.3 Å². The molecule has 0 fully saturated rings. The molecule has 2 aromatic heterocycles. The molecule has 0 aliphatic carbocycles. The van der Waals surface area contributed by atoms with Gasteiger partial charge in [0.05, 0.1) is 11.1 Å². The van der Waals surface area contributed by atoms with E-state index in [-0.39, 0.29) is 22.5 Å². The number of fused-ring (bicyclic) bond motifs is 1. The number of H-pyrrole nitrogens is 1. The van der Waals surface area contributed by atoms with E-state index in [0.717, 1.165) is 18.3 Å². The Morgan fingerprint density at radius 1 is 1.03 bits per heavy atom. The summed E-state index contributed by atoms with van der Waals surface area (Å²) in [7, 11) is 0. The van der Waals surface area contributed by atoms with Crippen LogP contribution in [-0.4, -0.2) is 21.1 Å². The molecule has 0 bridgehead atoms. The van der Waals surface area contributed by atoms with Crippen LogP contribution >= 0.6 is 0 Å². The highest BCUT2D eigenvalue weighted by molar-refractivity contribution is 6.11. The Labute approximate surface area is 165 Å². The molecule has 152 valence electrons. The lowest BCUT2D eigenvalue weighted by Crippen LogP contribution is -2.15. The smallest absolute Gasteiger partial charge is 0.305 e. The summed E-state index contributed by atoms with van der Waals surface area (Å²) in [5.41, 5.74) is -0.389. The van der Waals surface area contributed by atoms with Crippen LogP contribution in [0.5, 0.6) is 0 Å². The van der Waals surface area contributed by atoms with Gasteiger partial charge >= 0.3 is 6.18 Å². The SMILES string of the molecule is O=C(Nc1cc(C(F)(F)F)ccn1)c1n[nH]c2ccc(-c3cccc(F)c3F)cc12. The van der Waals surface area contributed by atoms with Gasteiger partial charge in [-0.1, -0.05) is 18.2 Å². The van der Waals surface area contributed by atoms with Gasteiger partial charge in [0, 0.05) is 17.1 Å². The molecule has 0 spiro atoms. The van der Waals surface area contributed by atoms with Crippen molar-refractivity contribution in [3.05, 3.63) is 77.6 Å². The Balaban J connectivity index is 1.69. The molecule has 2 heterocycles. The maximum Gasteiger partial charge on any atom is 0.416 e. The molecule has 0 aliphatic rings. The van der Waals surface area contributed by atoms with Crippen molar-refractivity contribution in [2.45, 2.75) is 6.18 Å². The third-order valence-electron chi connectivity index (χ3n) is 4.37. The van der Waals surface area contributed by atoms with Crippen molar-refractivity contribution in [1.82, 2.24) is 15.2 Å². The number of hydrogen-bond donors (Lipinski definition) is 2. The zero-order valence-corrected chi connectivity index (χ0v) is 14.9. The maximum atomic E-state index is 14.1. The first kappa shape index (κ1) is 19.5. The van der Waals surface area contributed by atoms with Crippen LogP contribution in [0, 0.1) is 11.6 Å². The fraction of sp³-hybridized carbons (Fsp3) is 0.0500. The average molecular weight is 418 g/mol. The van der Waals surface area contributed by atoms with E-state index in [0.29, 0.717) is 17.1 Å². The number of alkyl halides is 3. The summed E-state index contributed by atoms with van der Waals surface area (Å²) >= 11 is 0. The van der Waals surface area contributed by atoms with Crippen LogP contribution in [0.15, 0.2) is 54.7 Å². The van der Waals surface area contributed by atoms with Gasteiger partial charge in [0.15, 0.2) is 17.3 Å². The van der Waals surface area contributed by atoms with Crippen molar-refractivity contribution >= 4 is 22.6 Å². The number of hydrogen-bond acceptors (Lipinski definition) is 3. The Morgan fingerprint density at radius 2 is 1.83 bits per heavy atom. The van der Waals surface area contributed by atoms with E-state index < -0.39 is 29.3 Å². The predicted octanol–water partition coefficient (Wildman–Crippen LogP) is 5.17. The van der Waals surface area contributed by atoms with E-state index in [1.54, 1.807) is 0 Å². The van der Waals surface area contributed by atoms with Gasteiger partial charge in [0.2, 0.25) is 0 Å². The summed E-state index contributed by atoms with van der Waals surface area (Å²) in [6.45, 7) is 0. The molecule has 0 saturated carbocycles. The van der Waals surface area contributed by atoms with Crippen LogP contribution < -0.4 is 5.32 Å². The van der Waals surface area contributed by atoms with Crippen LogP contribution in [-0.2, 0) is 6.18 Å². The second kappa shape index (κ2) is 7.21. The molecule has 0 saturated heterocycles. The van der Waals surface area contributed by atoms with E-state index in [1.165, 1.54) is 30.3 Å². The van der Waals surface area contributed by atoms with Gasteiger partial charge in [-0.25, -0.2) is 13.8 Å². The first-order chi connectivity index (χ1) is 14.2. The molecule has 5 nitrogen and oxygen atoms in total. The summed E-state index contributed by atoms with van der Waals surface area (Å²) in [5.74, 6) is -3.18. The van der Waals surface area contributed by atoms with E-state index in [1.807, 2.05) is 0 Å². The van der Waals surface area contributed by atoms with Gasteiger partial charge < -0.3 is 5.32 Å². The number of nitrogens with one attached hydrogen (secondary N) is 2. The van der Waals surface area contributed by atoms with Crippen molar-refractivity contribution < 1.29 is 26.7 Å². The third-order valence-corrected chi connectivity index (χ3v) is 4.37. The maximum absolute atomic E-state index is 14.1. The van der Waals surface area contributed by atoms with Crippen LogP contribution in [0.3, 0.4) is 0 Å². The number of aromatic amines is 1. The molecule has 2 aromatic carbocycles. The lowest BCUT2D eigenvalue weighted by Gasteiger charge is -2.08. The number of carbonyl (C=O) groups excluding carboxylic acids is 1. The van der Waals surface area contributed by atoms with Crippen LogP contribution in [0.1, 0.15) is 16.1 Å². The van der Waals surface area contributed by atoms with Crippen molar-refractivity contribution in [2.75, 3.05) is 5.32 Å². The fourth-order valence-electron chi connectivity index (χ4n) is 2.93. The first-order valence-electron chi connectivity index (χ1n) is 8.51. The topological polar surface area (TPSA) is 70.7 Å². The molecular weight excluding hydrogens is 407 g/mol. The largest absolute Gasteiger partial charge is 0.416 e. The number of benzene rings is 2. The summed E-state index contributed by atoms with van der Waals surface area (Å²) < 4.78 is 66.2. The standard InChI is InChI=1S/C20H11F5N4O/c21-14-3-1-2-12(17(14)22)10-4-5-15-13(8-10)18(29-28-15)19(30)27-16-9-11(6-7-26-16)20(23,24)25/h1-9H,(H,28,29)(H,26,27,30). The van der Waals surface area contributed by atoms with Gasteiger partial charge in [-0.05, 0) is 35.9 Å². The lowest BCUT2D eigenvalue weighted by molar-refractivity contribution is -0.137. The third kappa shape index (κ3) is 3.59. The fourth-order valence-corrected chi connectivity index (χ4v) is 2.93. The highest BCUT2D eigenvalue weighted by Crippen LogP contribution is 2.31. The molecule has 30 heavy (non-hydrogen) atoms. The van der Waals surface area contributed by atoms with Gasteiger partial charge in [0.25, 0.3) is 5.91 Å². The minimum Gasteiger partial charge on any atom is -0.305 e. The number of anilines is 1. The normalized spacial score (nSPS) is 11.6. The second-order valence-corrected chi connectivity index (χ2v) is 6.32. The molecule has 4 rings (SSSR count). The molecule has 4 aromatic rings. The number of aromatic nitrogens is 3. The number of pyridine rings is 1. The number of amides is 1.